The van der Waals surface area contributed by atoms with Crippen molar-refractivity contribution in [2.75, 3.05) is 0 Å². The summed E-state index contributed by atoms with van der Waals surface area (Å²) >= 11 is 0. The van der Waals surface area contributed by atoms with Gasteiger partial charge < -0.3 is 13.7 Å². The summed E-state index contributed by atoms with van der Waals surface area (Å²) in [5.41, 5.74) is 0.761. The van der Waals surface area contributed by atoms with Crippen LogP contribution >= 0.6 is 0 Å². The van der Waals surface area contributed by atoms with Crippen molar-refractivity contribution in [1.82, 2.24) is 14.5 Å². The van der Waals surface area contributed by atoms with Crippen LogP contribution in [-0.4, -0.2) is 34.7 Å². The van der Waals surface area contributed by atoms with Crippen LogP contribution in [0.1, 0.15) is 40.2 Å². The van der Waals surface area contributed by atoms with Crippen molar-refractivity contribution in [2.45, 2.75) is 64.4 Å². The molecule has 4 rings (SSSR count). The number of rotatable bonds is 5. The Morgan fingerprint density at radius 3 is 2.48 bits per heavy atom. The van der Waals surface area contributed by atoms with E-state index < -0.39 is 14.4 Å². The number of fused-ring (bicyclic) bond motifs is 1. The van der Waals surface area contributed by atoms with E-state index >= 15 is 0 Å². The molecule has 6 nitrogen and oxygen atoms in total. The number of Topliss-reactive ketones (excluding diaryl/α,β-unsaturated/α-hetero) is 1. The van der Waals surface area contributed by atoms with E-state index in [2.05, 4.69) is 48.4 Å². The molecule has 0 bridgehead atoms. The molecule has 0 N–H and O–H groups in total. The fourth-order valence-corrected chi connectivity index (χ4v) is 5.12. The van der Waals surface area contributed by atoms with E-state index in [0.29, 0.717) is 5.88 Å². The second-order valence-electron chi connectivity index (χ2n) is 9.96. The standard InChI is InChI=1S/C24H31N3O3Si/c1-16-14-19(21(20(16)28)30-31(5,6)24(2,3)4)27-13-12-18-22(27)25-15-26-23(18)29-17-10-8-7-9-11-17/h7-13,15-16,19,21H,14H2,1-6H3. The van der Waals surface area contributed by atoms with Crippen LogP contribution in [0.4, 0.5) is 0 Å². The fraction of sp³-hybridized carbons (Fsp3) is 0.458. The first kappa shape index (κ1) is 21.7. The summed E-state index contributed by atoms with van der Waals surface area (Å²) in [4.78, 5) is 22.0. The summed E-state index contributed by atoms with van der Waals surface area (Å²) < 4.78 is 14.7. The largest absolute Gasteiger partial charge is 0.438 e. The number of ether oxygens (including phenoxy) is 1. The third-order valence-corrected chi connectivity index (χ3v) is 11.2. The molecule has 1 saturated carbocycles. The minimum absolute atomic E-state index is 0.0290. The van der Waals surface area contributed by atoms with Crippen molar-refractivity contribution in [3.05, 3.63) is 48.9 Å². The first-order valence-electron chi connectivity index (χ1n) is 10.8. The van der Waals surface area contributed by atoms with Crippen LogP contribution in [0, 0.1) is 5.92 Å². The minimum atomic E-state index is -2.12. The number of carbonyl (C=O) groups is 1. The van der Waals surface area contributed by atoms with E-state index in [1.807, 2.05) is 49.5 Å². The second kappa shape index (κ2) is 7.87. The van der Waals surface area contributed by atoms with E-state index in [9.17, 15) is 4.79 Å². The van der Waals surface area contributed by atoms with Gasteiger partial charge in [-0.15, -0.1) is 0 Å². The summed E-state index contributed by atoms with van der Waals surface area (Å²) in [5, 5.41) is 0.853. The molecular weight excluding hydrogens is 406 g/mol. The number of carbonyl (C=O) groups excluding carboxylic acids is 1. The lowest BCUT2D eigenvalue weighted by atomic mass is 10.1. The van der Waals surface area contributed by atoms with Gasteiger partial charge in [-0.05, 0) is 42.8 Å². The van der Waals surface area contributed by atoms with Crippen molar-refractivity contribution in [3.8, 4) is 11.6 Å². The third kappa shape index (κ3) is 4.04. The highest BCUT2D eigenvalue weighted by molar-refractivity contribution is 6.74. The number of nitrogens with zero attached hydrogens (tertiary/aromatic N) is 3. The Hall–Kier alpha value is -2.51. The SMILES string of the molecule is CC1CC(n2ccc3c(Oc4ccccc4)ncnc32)C(O[Si](C)(C)C(C)(C)C)C1=O. The zero-order chi connectivity index (χ0) is 22.4. The van der Waals surface area contributed by atoms with Crippen LogP contribution in [0.25, 0.3) is 11.0 Å². The molecule has 1 fully saturated rings. The Bertz CT molecular complexity index is 1090. The van der Waals surface area contributed by atoms with Gasteiger partial charge in [-0.25, -0.2) is 9.97 Å². The average Bonchev–Trinajstić information content (AvgIpc) is 3.25. The maximum Gasteiger partial charge on any atom is 0.231 e. The molecule has 164 valence electrons. The second-order valence-corrected chi connectivity index (χ2v) is 14.7. The molecule has 1 aliphatic rings. The van der Waals surface area contributed by atoms with Crippen molar-refractivity contribution >= 4 is 25.1 Å². The molecule has 0 aliphatic heterocycles. The van der Waals surface area contributed by atoms with Gasteiger partial charge in [-0.2, -0.15) is 0 Å². The molecule has 1 aromatic carbocycles. The first-order chi connectivity index (χ1) is 14.6. The molecule has 3 aromatic rings. The summed E-state index contributed by atoms with van der Waals surface area (Å²) in [5.74, 6) is 1.37. The van der Waals surface area contributed by atoms with Gasteiger partial charge in [0.05, 0.1) is 11.4 Å². The molecule has 2 heterocycles. The van der Waals surface area contributed by atoms with Crippen LogP contribution in [0.2, 0.25) is 18.1 Å². The van der Waals surface area contributed by atoms with Crippen molar-refractivity contribution in [2.24, 2.45) is 5.92 Å². The number of hydrogen-bond acceptors (Lipinski definition) is 5. The quantitative estimate of drug-likeness (QED) is 0.475. The zero-order valence-corrected chi connectivity index (χ0v) is 20.1. The number of aromatic nitrogens is 3. The highest BCUT2D eigenvalue weighted by atomic mass is 28.4. The van der Waals surface area contributed by atoms with E-state index in [-0.39, 0.29) is 22.8 Å². The van der Waals surface area contributed by atoms with E-state index in [1.165, 1.54) is 6.33 Å². The monoisotopic (exact) mass is 437 g/mol. The molecule has 3 unspecified atom stereocenters. The third-order valence-electron chi connectivity index (χ3n) is 6.73. The Balaban J connectivity index is 1.70. The van der Waals surface area contributed by atoms with Gasteiger partial charge in [0.25, 0.3) is 0 Å². The number of ketones is 1. The van der Waals surface area contributed by atoms with E-state index in [0.717, 1.165) is 23.2 Å². The maximum atomic E-state index is 13.1. The molecule has 31 heavy (non-hydrogen) atoms. The van der Waals surface area contributed by atoms with Crippen LogP contribution in [0.5, 0.6) is 11.6 Å². The predicted molar refractivity (Wildman–Crippen MR) is 124 cm³/mol. The van der Waals surface area contributed by atoms with Gasteiger partial charge >= 0.3 is 0 Å². The van der Waals surface area contributed by atoms with Crippen LogP contribution in [0.15, 0.2) is 48.9 Å². The number of hydrogen-bond donors (Lipinski definition) is 0. The van der Waals surface area contributed by atoms with Crippen LogP contribution < -0.4 is 4.74 Å². The van der Waals surface area contributed by atoms with Gasteiger partial charge in [0.15, 0.2) is 14.1 Å². The summed E-state index contributed by atoms with van der Waals surface area (Å²) in [6.07, 6.45) is 3.77. The smallest absolute Gasteiger partial charge is 0.231 e. The highest BCUT2D eigenvalue weighted by Gasteiger charge is 2.48. The Kier molecular flexibility index (Phi) is 5.51. The number of benzene rings is 1. The summed E-state index contributed by atoms with van der Waals surface area (Å²) in [6, 6.07) is 11.5. The fourth-order valence-electron chi connectivity index (χ4n) is 3.86. The molecule has 0 saturated heterocycles. The van der Waals surface area contributed by atoms with E-state index in [4.69, 9.17) is 9.16 Å². The molecule has 3 atom stereocenters. The lowest BCUT2D eigenvalue weighted by molar-refractivity contribution is -0.127. The van der Waals surface area contributed by atoms with Crippen molar-refractivity contribution in [1.29, 1.82) is 0 Å². The summed E-state index contributed by atoms with van der Waals surface area (Å²) in [7, 11) is -2.12. The number of para-hydroxylation sites is 1. The van der Waals surface area contributed by atoms with Gasteiger partial charge in [-0.3, -0.25) is 4.79 Å². The van der Waals surface area contributed by atoms with Gasteiger partial charge in [0.1, 0.15) is 23.8 Å². The molecule has 7 heteroatoms. The van der Waals surface area contributed by atoms with Gasteiger partial charge in [-0.1, -0.05) is 45.9 Å². The molecule has 0 spiro atoms. The molecular formula is C24H31N3O3Si. The minimum Gasteiger partial charge on any atom is -0.438 e. The van der Waals surface area contributed by atoms with Crippen LogP contribution in [-0.2, 0) is 9.22 Å². The lowest BCUT2D eigenvalue weighted by Gasteiger charge is -2.39. The van der Waals surface area contributed by atoms with Crippen molar-refractivity contribution in [3.63, 3.8) is 0 Å². The van der Waals surface area contributed by atoms with E-state index in [1.54, 1.807) is 0 Å². The Morgan fingerprint density at radius 2 is 1.81 bits per heavy atom. The van der Waals surface area contributed by atoms with Gasteiger partial charge in [0.2, 0.25) is 5.88 Å². The lowest BCUT2D eigenvalue weighted by Crippen LogP contribution is -2.47. The Morgan fingerprint density at radius 1 is 1.10 bits per heavy atom. The molecule has 0 amide bonds. The normalized spacial score (nSPS) is 22.3. The van der Waals surface area contributed by atoms with Crippen LogP contribution in [0.3, 0.4) is 0 Å². The predicted octanol–water partition coefficient (Wildman–Crippen LogP) is 5.76. The summed E-state index contributed by atoms with van der Waals surface area (Å²) in [6.45, 7) is 13.0. The maximum absolute atomic E-state index is 13.1. The van der Waals surface area contributed by atoms with Gasteiger partial charge in [0, 0.05) is 12.1 Å². The first-order valence-corrected chi connectivity index (χ1v) is 13.8. The topological polar surface area (TPSA) is 66.2 Å². The molecule has 0 radical (unpaired) electrons. The average molecular weight is 438 g/mol. The highest BCUT2D eigenvalue weighted by Crippen LogP contribution is 2.43. The Labute approximate surface area is 184 Å². The molecule has 1 aliphatic carbocycles. The zero-order valence-electron chi connectivity index (χ0n) is 19.1. The van der Waals surface area contributed by atoms with Crippen molar-refractivity contribution < 1.29 is 14.0 Å². The molecule has 2 aromatic heterocycles.